The van der Waals surface area contributed by atoms with Gasteiger partial charge in [-0.05, 0) is 50.1 Å². The molecule has 2 aromatic carbocycles. The number of nitrogens with one attached hydrogen (secondary N) is 1. The number of benzene rings is 2. The molecule has 0 fully saturated rings. The van der Waals surface area contributed by atoms with Crippen LogP contribution in [0.2, 0.25) is 0 Å². The second-order valence-electron chi connectivity index (χ2n) is 5.83. The monoisotopic (exact) mass is 275 g/mol. The van der Waals surface area contributed by atoms with E-state index >= 15 is 0 Å². The van der Waals surface area contributed by atoms with Crippen LogP contribution in [0.4, 0.5) is 0 Å². The Morgan fingerprint density at radius 1 is 1.05 bits per heavy atom. The third-order valence-corrected chi connectivity index (χ3v) is 4.79. The van der Waals surface area contributed by atoms with Crippen LogP contribution in [0.1, 0.15) is 39.3 Å². The molecular formula is C16H21NOS. The van der Waals surface area contributed by atoms with Gasteiger partial charge in [0.1, 0.15) is 4.75 Å². The lowest BCUT2D eigenvalue weighted by Gasteiger charge is -2.26. The van der Waals surface area contributed by atoms with E-state index in [1.165, 1.54) is 10.8 Å². The standard InChI is InChI=1S/C16H21NOS/c1-12(17-19(18)16(2,3)4)14-10-9-13-7-5-6-8-15(13)11-14/h5-12,17H,1-4H3/t12?,19-/m1/s1. The molecule has 2 aromatic rings. The molecule has 2 rings (SSSR count). The average Bonchev–Trinajstić information content (AvgIpc) is 2.37. The Bertz CT molecular complexity index is 562. The maximum atomic E-state index is 12.1. The molecule has 0 saturated heterocycles. The minimum Gasteiger partial charge on any atom is -0.598 e. The molecule has 2 nitrogen and oxygen atoms in total. The highest BCUT2D eigenvalue weighted by Crippen LogP contribution is 2.23. The van der Waals surface area contributed by atoms with Crippen LogP contribution in [0.25, 0.3) is 10.8 Å². The second kappa shape index (κ2) is 5.53. The average molecular weight is 275 g/mol. The molecule has 0 bridgehead atoms. The zero-order valence-electron chi connectivity index (χ0n) is 11.9. The van der Waals surface area contributed by atoms with Gasteiger partial charge in [0.15, 0.2) is 0 Å². The van der Waals surface area contributed by atoms with Crippen LogP contribution in [-0.2, 0) is 11.4 Å². The zero-order valence-corrected chi connectivity index (χ0v) is 12.8. The molecule has 1 N–H and O–H groups in total. The van der Waals surface area contributed by atoms with Gasteiger partial charge >= 0.3 is 0 Å². The molecule has 0 aliphatic heterocycles. The quantitative estimate of drug-likeness (QED) is 0.861. The fraction of sp³-hybridized carbons (Fsp3) is 0.375. The van der Waals surface area contributed by atoms with Crippen molar-refractivity contribution in [3.05, 3.63) is 48.0 Å². The molecular weight excluding hydrogens is 254 g/mol. The molecule has 102 valence electrons. The maximum absolute atomic E-state index is 12.1. The van der Waals surface area contributed by atoms with Crippen LogP contribution in [0.15, 0.2) is 42.5 Å². The highest BCUT2D eigenvalue weighted by Gasteiger charge is 2.28. The predicted octanol–water partition coefficient (Wildman–Crippen LogP) is 3.95. The first kappa shape index (κ1) is 14.4. The van der Waals surface area contributed by atoms with Crippen molar-refractivity contribution in [1.29, 1.82) is 0 Å². The van der Waals surface area contributed by atoms with Gasteiger partial charge < -0.3 is 4.55 Å². The highest BCUT2D eigenvalue weighted by molar-refractivity contribution is 7.90. The van der Waals surface area contributed by atoms with E-state index in [0.29, 0.717) is 0 Å². The third-order valence-electron chi connectivity index (χ3n) is 3.11. The molecule has 0 amide bonds. The largest absolute Gasteiger partial charge is 0.598 e. The Kier molecular flexibility index (Phi) is 4.19. The van der Waals surface area contributed by atoms with Crippen LogP contribution in [0.5, 0.6) is 0 Å². The molecule has 2 atom stereocenters. The molecule has 19 heavy (non-hydrogen) atoms. The van der Waals surface area contributed by atoms with Crippen molar-refractivity contribution in [2.24, 2.45) is 0 Å². The topological polar surface area (TPSA) is 35.1 Å². The summed E-state index contributed by atoms with van der Waals surface area (Å²) in [5, 5.41) is 2.45. The lowest BCUT2D eigenvalue weighted by Crippen LogP contribution is -2.40. The summed E-state index contributed by atoms with van der Waals surface area (Å²) < 4.78 is 15.0. The summed E-state index contributed by atoms with van der Waals surface area (Å²) in [7, 11) is 0. The molecule has 0 spiro atoms. The van der Waals surface area contributed by atoms with Gasteiger partial charge in [0.25, 0.3) is 0 Å². The third kappa shape index (κ3) is 3.50. The summed E-state index contributed by atoms with van der Waals surface area (Å²) >= 11 is -1.05. The van der Waals surface area contributed by atoms with E-state index in [2.05, 4.69) is 35.1 Å². The Morgan fingerprint density at radius 3 is 2.32 bits per heavy atom. The summed E-state index contributed by atoms with van der Waals surface area (Å²) in [4.78, 5) is 0. The van der Waals surface area contributed by atoms with Gasteiger partial charge in [0.2, 0.25) is 0 Å². The van der Waals surface area contributed by atoms with E-state index in [0.717, 1.165) is 5.56 Å². The van der Waals surface area contributed by atoms with Crippen LogP contribution in [0.3, 0.4) is 0 Å². The molecule has 0 saturated carbocycles. The summed E-state index contributed by atoms with van der Waals surface area (Å²) in [6.45, 7) is 7.98. The van der Waals surface area contributed by atoms with Crippen molar-refractivity contribution in [3.8, 4) is 0 Å². The Balaban J connectivity index is 2.19. The summed E-state index contributed by atoms with van der Waals surface area (Å²) in [6, 6.07) is 14.7. The molecule has 0 heterocycles. The minimum absolute atomic E-state index is 0.0738. The lowest BCUT2D eigenvalue weighted by atomic mass is 10.0. The van der Waals surface area contributed by atoms with Crippen molar-refractivity contribution < 1.29 is 4.55 Å². The van der Waals surface area contributed by atoms with Crippen molar-refractivity contribution >= 4 is 22.1 Å². The molecule has 0 aliphatic carbocycles. The van der Waals surface area contributed by atoms with Crippen molar-refractivity contribution in [3.63, 3.8) is 0 Å². The van der Waals surface area contributed by atoms with E-state index in [4.69, 9.17) is 0 Å². The van der Waals surface area contributed by atoms with E-state index in [9.17, 15) is 4.55 Å². The molecule has 0 aliphatic rings. The van der Waals surface area contributed by atoms with Gasteiger partial charge in [0, 0.05) is 11.4 Å². The van der Waals surface area contributed by atoms with Gasteiger partial charge in [0.05, 0.1) is 6.04 Å². The second-order valence-corrected chi connectivity index (χ2v) is 7.83. The molecule has 3 heteroatoms. The van der Waals surface area contributed by atoms with E-state index in [-0.39, 0.29) is 10.8 Å². The number of hydrogen-bond acceptors (Lipinski definition) is 2. The first-order valence-electron chi connectivity index (χ1n) is 6.54. The van der Waals surface area contributed by atoms with Crippen LogP contribution < -0.4 is 4.72 Å². The van der Waals surface area contributed by atoms with Crippen LogP contribution in [0, 0.1) is 0 Å². The van der Waals surface area contributed by atoms with E-state index in [1.54, 1.807) is 0 Å². The fourth-order valence-electron chi connectivity index (χ4n) is 1.88. The van der Waals surface area contributed by atoms with E-state index < -0.39 is 11.4 Å². The van der Waals surface area contributed by atoms with Crippen molar-refractivity contribution in [2.75, 3.05) is 0 Å². The van der Waals surface area contributed by atoms with Gasteiger partial charge in [-0.15, -0.1) is 4.72 Å². The maximum Gasteiger partial charge on any atom is 0.136 e. The van der Waals surface area contributed by atoms with Gasteiger partial charge in [-0.1, -0.05) is 36.4 Å². The SMILES string of the molecule is CC(N[S@+]([O-])C(C)(C)C)c1ccc2ccccc2c1. The Hall–Kier alpha value is -1.03. The normalized spacial score (nSPS) is 15.4. The van der Waals surface area contributed by atoms with Gasteiger partial charge in [-0.3, -0.25) is 0 Å². The van der Waals surface area contributed by atoms with E-state index in [1.807, 2.05) is 39.8 Å². The summed E-state index contributed by atoms with van der Waals surface area (Å²) in [5.41, 5.74) is 1.16. The summed E-state index contributed by atoms with van der Waals surface area (Å²) in [6.07, 6.45) is 0. The highest BCUT2D eigenvalue weighted by atomic mass is 32.2. The molecule has 0 aromatic heterocycles. The van der Waals surface area contributed by atoms with Crippen LogP contribution >= 0.6 is 0 Å². The zero-order chi connectivity index (χ0) is 14.0. The first-order chi connectivity index (χ1) is 8.88. The minimum atomic E-state index is -1.05. The number of hydrogen-bond donors (Lipinski definition) is 1. The lowest BCUT2D eigenvalue weighted by molar-refractivity contribution is 0.531. The van der Waals surface area contributed by atoms with Crippen LogP contribution in [-0.4, -0.2) is 9.30 Å². The number of fused-ring (bicyclic) bond motifs is 1. The van der Waals surface area contributed by atoms with Gasteiger partial charge in [-0.25, -0.2) is 0 Å². The van der Waals surface area contributed by atoms with Gasteiger partial charge in [-0.2, -0.15) is 0 Å². The number of rotatable bonds is 3. The summed E-state index contributed by atoms with van der Waals surface area (Å²) in [5.74, 6) is 0. The Morgan fingerprint density at radius 2 is 1.68 bits per heavy atom. The first-order valence-corrected chi connectivity index (χ1v) is 7.69. The predicted molar refractivity (Wildman–Crippen MR) is 83.4 cm³/mol. The fourth-order valence-corrected chi connectivity index (χ4v) is 2.69. The Labute approximate surface area is 118 Å². The van der Waals surface area contributed by atoms with Crippen molar-refractivity contribution in [1.82, 2.24) is 4.72 Å². The smallest absolute Gasteiger partial charge is 0.136 e. The molecule has 1 unspecified atom stereocenters. The van der Waals surface area contributed by atoms with Crippen molar-refractivity contribution in [2.45, 2.75) is 38.5 Å². The molecule has 0 radical (unpaired) electrons.